The Bertz CT molecular complexity index is 713. The molecular weight excluding hydrogens is 254 g/mol. The Balaban J connectivity index is 2.41. The van der Waals surface area contributed by atoms with Gasteiger partial charge in [-0.25, -0.2) is 14.3 Å². The Morgan fingerprint density at radius 1 is 1.37 bits per heavy atom. The van der Waals surface area contributed by atoms with Crippen LogP contribution in [0, 0.1) is 0 Å². The lowest BCUT2D eigenvalue weighted by atomic mass is 10.4. The molecule has 0 amide bonds. The highest BCUT2D eigenvalue weighted by molar-refractivity contribution is 5.84. The van der Waals surface area contributed by atoms with Crippen molar-refractivity contribution < 1.29 is 9.90 Å². The molecule has 0 aromatic carbocycles. The first-order chi connectivity index (χ1) is 9.00. The molecular formula is C10H11N5O4. The first-order valence-electron chi connectivity index (χ1n) is 5.39. The number of rotatable bonds is 4. The SMILES string of the molecule is Cn1nc(C(=O)O)c(=O)n(CCn2cccn2)c1=O. The third kappa shape index (κ3) is 2.44. The van der Waals surface area contributed by atoms with E-state index < -0.39 is 22.9 Å². The minimum absolute atomic E-state index is 0.0238. The lowest BCUT2D eigenvalue weighted by Gasteiger charge is -2.07. The molecule has 2 aromatic heterocycles. The minimum atomic E-state index is -1.46. The Morgan fingerprint density at radius 2 is 2.11 bits per heavy atom. The highest BCUT2D eigenvalue weighted by atomic mass is 16.4. The van der Waals surface area contributed by atoms with Crippen LogP contribution in [0.3, 0.4) is 0 Å². The first kappa shape index (κ1) is 12.7. The fraction of sp³-hybridized carbons (Fsp3) is 0.300. The number of aromatic carboxylic acids is 1. The van der Waals surface area contributed by atoms with Crippen LogP contribution in [0.2, 0.25) is 0 Å². The van der Waals surface area contributed by atoms with E-state index in [4.69, 9.17) is 5.11 Å². The second kappa shape index (κ2) is 4.88. The smallest absolute Gasteiger partial charge is 0.362 e. The summed E-state index contributed by atoms with van der Waals surface area (Å²) in [4.78, 5) is 34.4. The molecule has 0 atom stereocenters. The molecule has 0 radical (unpaired) electrons. The van der Waals surface area contributed by atoms with Crippen LogP contribution in [0.5, 0.6) is 0 Å². The van der Waals surface area contributed by atoms with Crippen molar-refractivity contribution in [3.8, 4) is 0 Å². The molecule has 1 N–H and O–H groups in total. The molecule has 0 fully saturated rings. The van der Waals surface area contributed by atoms with Crippen LogP contribution in [0.4, 0.5) is 0 Å². The van der Waals surface area contributed by atoms with Gasteiger partial charge in [0.2, 0.25) is 5.69 Å². The van der Waals surface area contributed by atoms with Crippen molar-refractivity contribution in [3.05, 3.63) is 45.0 Å². The zero-order chi connectivity index (χ0) is 14.0. The van der Waals surface area contributed by atoms with Crippen LogP contribution in [0.1, 0.15) is 10.5 Å². The van der Waals surface area contributed by atoms with E-state index in [0.717, 1.165) is 9.25 Å². The monoisotopic (exact) mass is 265 g/mol. The van der Waals surface area contributed by atoms with Gasteiger partial charge in [0.25, 0.3) is 5.56 Å². The number of carboxylic acid groups (broad SMARTS) is 1. The van der Waals surface area contributed by atoms with Crippen molar-refractivity contribution in [3.63, 3.8) is 0 Å². The van der Waals surface area contributed by atoms with E-state index in [1.165, 1.54) is 11.7 Å². The molecule has 0 saturated heterocycles. The van der Waals surface area contributed by atoms with Crippen LogP contribution >= 0.6 is 0 Å². The van der Waals surface area contributed by atoms with Gasteiger partial charge in [-0.15, -0.1) is 0 Å². The van der Waals surface area contributed by atoms with Gasteiger partial charge in [0, 0.05) is 19.4 Å². The highest BCUT2D eigenvalue weighted by Gasteiger charge is 2.17. The Labute approximate surface area is 106 Å². The molecule has 2 rings (SSSR count). The Morgan fingerprint density at radius 3 is 2.68 bits per heavy atom. The maximum Gasteiger partial charge on any atom is 0.362 e. The fourth-order valence-corrected chi connectivity index (χ4v) is 1.59. The minimum Gasteiger partial charge on any atom is -0.476 e. The van der Waals surface area contributed by atoms with E-state index in [1.807, 2.05) is 0 Å². The quantitative estimate of drug-likeness (QED) is 0.722. The number of hydrogen-bond acceptors (Lipinski definition) is 5. The summed E-state index contributed by atoms with van der Waals surface area (Å²) in [6, 6.07) is 1.70. The summed E-state index contributed by atoms with van der Waals surface area (Å²) < 4.78 is 3.19. The maximum atomic E-state index is 11.8. The molecule has 0 unspecified atom stereocenters. The zero-order valence-electron chi connectivity index (χ0n) is 10.1. The normalized spacial score (nSPS) is 10.6. The number of aryl methyl sites for hydroxylation is 2. The van der Waals surface area contributed by atoms with Crippen molar-refractivity contribution in [1.29, 1.82) is 0 Å². The van der Waals surface area contributed by atoms with Gasteiger partial charge in [0.1, 0.15) is 0 Å². The second-order valence-corrected chi connectivity index (χ2v) is 3.79. The summed E-state index contributed by atoms with van der Waals surface area (Å²) in [6.07, 6.45) is 3.24. The van der Waals surface area contributed by atoms with Crippen LogP contribution in [0.25, 0.3) is 0 Å². The van der Waals surface area contributed by atoms with E-state index in [2.05, 4.69) is 10.2 Å². The van der Waals surface area contributed by atoms with E-state index in [1.54, 1.807) is 18.5 Å². The molecule has 0 spiro atoms. The lowest BCUT2D eigenvalue weighted by molar-refractivity contribution is 0.0683. The van der Waals surface area contributed by atoms with Crippen molar-refractivity contribution in [2.75, 3.05) is 0 Å². The average Bonchev–Trinajstić information content (AvgIpc) is 2.86. The number of carboxylic acids is 1. The summed E-state index contributed by atoms with van der Waals surface area (Å²) in [5, 5.41) is 16.2. The van der Waals surface area contributed by atoms with Gasteiger partial charge in [-0.2, -0.15) is 10.2 Å². The van der Waals surface area contributed by atoms with E-state index >= 15 is 0 Å². The molecule has 100 valence electrons. The van der Waals surface area contributed by atoms with Crippen molar-refractivity contribution in [2.24, 2.45) is 7.05 Å². The molecule has 9 heteroatoms. The largest absolute Gasteiger partial charge is 0.476 e. The Hall–Kier alpha value is -2.71. The number of aromatic nitrogens is 5. The van der Waals surface area contributed by atoms with Gasteiger partial charge in [-0.3, -0.25) is 14.0 Å². The van der Waals surface area contributed by atoms with Crippen molar-refractivity contribution in [1.82, 2.24) is 24.1 Å². The maximum absolute atomic E-state index is 11.8. The topological polar surface area (TPSA) is 112 Å². The van der Waals surface area contributed by atoms with Gasteiger partial charge in [-0.05, 0) is 6.07 Å². The lowest BCUT2D eigenvalue weighted by Crippen LogP contribution is -2.44. The molecule has 9 nitrogen and oxygen atoms in total. The molecule has 0 aliphatic carbocycles. The summed E-state index contributed by atoms with van der Waals surface area (Å²) in [5.41, 5.74) is -2.26. The standard InChI is InChI=1S/C10H11N5O4/c1-13-10(19)15(6-5-14-4-2-3-11-14)8(16)7(12-13)9(17)18/h2-4H,5-6H2,1H3,(H,17,18). The molecule has 0 saturated carbocycles. The van der Waals surface area contributed by atoms with E-state index in [0.29, 0.717) is 0 Å². The van der Waals surface area contributed by atoms with Crippen molar-refractivity contribution in [2.45, 2.75) is 13.1 Å². The number of hydrogen-bond donors (Lipinski definition) is 1. The van der Waals surface area contributed by atoms with E-state index in [-0.39, 0.29) is 13.1 Å². The number of carbonyl (C=O) groups is 1. The molecule has 0 bridgehead atoms. The van der Waals surface area contributed by atoms with E-state index in [9.17, 15) is 14.4 Å². The average molecular weight is 265 g/mol. The van der Waals surface area contributed by atoms with Crippen LogP contribution in [-0.4, -0.2) is 35.2 Å². The van der Waals surface area contributed by atoms with Gasteiger partial charge in [-0.1, -0.05) is 0 Å². The first-order valence-corrected chi connectivity index (χ1v) is 5.39. The second-order valence-electron chi connectivity index (χ2n) is 3.79. The predicted octanol–water partition coefficient (Wildman–Crippen LogP) is -1.46. The van der Waals surface area contributed by atoms with Gasteiger partial charge in [0.15, 0.2) is 0 Å². The summed E-state index contributed by atoms with van der Waals surface area (Å²) in [6.45, 7) is 0.307. The van der Waals surface area contributed by atoms with Crippen LogP contribution in [-0.2, 0) is 20.1 Å². The van der Waals surface area contributed by atoms with Crippen LogP contribution < -0.4 is 11.2 Å². The van der Waals surface area contributed by atoms with Gasteiger partial charge < -0.3 is 5.11 Å². The number of nitrogens with zero attached hydrogens (tertiary/aromatic N) is 5. The highest BCUT2D eigenvalue weighted by Crippen LogP contribution is 1.87. The third-order valence-electron chi connectivity index (χ3n) is 2.52. The van der Waals surface area contributed by atoms with Crippen LogP contribution in [0.15, 0.2) is 28.0 Å². The third-order valence-corrected chi connectivity index (χ3v) is 2.52. The molecule has 0 aliphatic rings. The zero-order valence-corrected chi connectivity index (χ0v) is 10.1. The molecule has 2 aromatic rings. The molecule has 2 heterocycles. The fourth-order valence-electron chi connectivity index (χ4n) is 1.59. The predicted molar refractivity (Wildman–Crippen MR) is 62.9 cm³/mol. The molecule has 0 aliphatic heterocycles. The summed E-state index contributed by atoms with van der Waals surface area (Å²) >= 11 is 0. The summed E-state index contributed by atoms with van der Waals surface area (Å²) in [5.74, 6) is -1.46. The summed E-state index contributed by atoms with van der Waals surface area (Å²) in [7, 11) is 1.29. The van der Waals surface area contributed by atoms with Gasteiger partial charge >= 0.3 is 11.7 Å². The Kier molecular flexibility index (Phi) is 3.27. The van der Waals surface area contributed by atoms with Gasteiger partial charge in [0.05, 0.1) is 13.1 Å². The van der Waals surface area contributed by atoms with Crippen molar-refractivity contribution >= 4 is 5.97 Å². The molecule has 19 heavy (non-hydrogen) atoms.